The molecule has 1 amide bonds. The molecule has 0 atom stereocenters. The smallest absolute Gasteiger partial charge is 0.253 e. The molecule has 0 saturated carbocycles. The van der Waals surface area contributed by atoms with Crippen molar-refractivity contribution < 1.29 is 4.79 Å². The molecule has 0 aromatic heterocycles. The van der Waals surface area contributed by atoms with Gasteiger partial charge in [-0.15, -0.1) is 0 Å². The molecule has 1 aliphatic heterocycles. The molecule has 0 unspecified atom stereocenters. The molecule has 1 aliphatic rings. The Morgan fingerprint density at radius 1 is 0.938 bits per heavy atom. The predicted molar refractivity (Wildman–Crippen MR) is 128 cm³/mol. The predicted octanol–water partition coefficient (Wildman–Crippen LogP) is 3.71. The summed E-state index contributed by atoms with van der Waals surface area (Å²) in [6, 6.07) is 14.5. The number of piperidine rings is 1. The van der Waals surface area contributed by atoms with Crippen molar-refractivity contribution in [1.29, 1.82) is 0 Å². The van der Waals surface area contributed by atoms with Gasteiger partial charge in [0.05, 0.1) is 0 Å². The van der Waals surface area contributed by atoms with Gasteiger partial charge >= 0.3 is 0 Å². The molecule has 1 fully saturated rings. The summed E-state index contributed by atoms with van der Waals surface area (Å²) in [5.41, 5.74) is 2.54. The van der Waals surface area contributed by atoms with Crippen molar-refractivity contribution in [1.82, 2.24) is 5.32 Å². The third kappa shape index (κ3) is 4.86. The van der Waals surface area contributed by atoms with Gasteiger partial charge in [-0.25, -0.2) is 0 Å². The molecule has 0 bridgehead atoms. The number of benzene rings is 2. The van der Waals surface area contributed by atoms with E-state index in [-0.39, 0.29) is 5.91 Å². The molecule has 0 radical (unpaired) electrons. The van der Waals surface area contributed by atoms with Crippen LogP contribution in [-0.2, 0) is 13.1 Å². The normalized spacial score (nSPS) is 14.5. The van der Waals surface area contributed by atoms with Gasteiger partial charge in [-0.3, -0.25) is 14.4 Å². The van der Waals surface area contributed by atoms with Crippen molar-refractivity contribution in [2.24, 2.45) is 5.92 Å². The maximum Gasteiger partial charge on any atom is 0.253 e. The Bertz CT molecular complexity index is 1160. The lowest BCUT2D eigenvalue weighted by Gasteiger charge is -2.33. The van der Waals surface area contributed by atoms with E-state index in [2.05, 4.69) is 17.6 Å². The summed E-state index contributed by atoms with van der Waals surface area (Å²) in [5, 5.41) is 6.67. The molecule has 0 spiro atoms. The second-order valence-electron chi connectivity index (χ2n) is 8.41. The molecule has 166 valence electrons. The largest absolute Gasteiger partial charge is 0.376 e. The minimum absolute atomic E-state index is 0.163. The number of amides is 1. The first kappa shape index (κ1) is 22.1. The first-order valence-corrected chi connectivity index (χ1v) is 11.2. The van der Waals surface area contributed by atoms with E-state index in [0.29, 0.717) is 41.0 Å². The van der Waals surface area contributed by atoms with Gasteiger partial charge in [0.2, 0.25) is 0 Å². The maximum absolute atomic E-state index is 12.4. The zero-order chi connectivity index (χ0) is 22.7. The molecule has 1 saturated heterocycles. The van der Waals surface area contributed by atoms with E-state index in [4.69, 9.17) is 11.6 Å². The number of rotatable bonds is 7. The van der Waals surface area contributed by atoms with Crippen LogP contribution in [0, 0.1) is 5.92 Å². The van der Waals surface area contributed by atoms with Gasteiger partial charge in [0, 0.05) is 36.8 Å². The minimum Gasteiger partial charge on any atom is -0.376 e. The number of nitrogens with zero attached hydrogens (tertiary/aromatic N) is 1. The number of hydrogen-bond acceptors (Lipinski definition) is 5. The van der Waals surface area contributed by atoms with Crippen molar-refractivity contribution in [2.45, 2.75) is 32.9 Å². The summed E-state index contributed by atoms with van der Waals surface area (Å²) in [6.45, 7) is 4.65. The van der Waals surface area contributed by atoms with E-state index in [1.165, 1.54) is 0 Å². The Kier molecular flexibility index (Phi) is 6.61. The van der Waals surface area contributed by atoms with Crippen LogP contribution in [0.1, 0.15) is 41.3 Å². The van der Waals surface area contributed by atoms with Crippen LogP contribution >= 0.6 is 11.6 Å². The SMILES string of the molecule is CC1CCN(c2c(NCc3ccc(C(=O)NCc4ccc(Cl)cc4)cc3)c(=O)c2=O)CC1. The van der Waals surface area contributed by atoms with E-state index < -0.39 is 10.9 Å². The molecule has 0 aliphatic carbocycles. The van der Waals surface area contributed by atoms with Crippen LogP contribution in [-0.4, -0.2) is 19.0 Å². The van der Waals surface area contributed by atoms with Gasteiger partial charge in [-0.1, -0.05) is 42.8 Å². The Hall–Kier alpha value is -3.12. The Balaban J connectivity index is 1.33. The van der Waals surface area contributed by atoms with Crippen molar-refractivity contribution in [3.05, 3.63) is 90.7 Å². The molecule has 1 heterocycles. The van der Waals surface area contributed by atoms with Gasteiger partial charge in [-0.05, 0) is 54.2 Å². The number of nitrogens with one attached hydrogen (secondary N) is 2. The fourth-order valence-corrected chi connectivity index (χ4v) is 4.05. The molecular weight excluding hydrogens is 426 g/mol. The molecule has 7 heteroatoms. The zero-order valence-corrected chi connectivity index (χ0v) is 18.7. The first-order valence-electron chi connectivity index (χ1n) is 10.9. The van der Waals surface area contributed by atoms with Crippen molar-refractivity contribution in [3.63, 3.8) is 0 Å². The number of anilines is 2. The summed E-state index contributed by atoms with van der Waals surface area (Å²) in [6.07, 6.45) is 2.06. The van der Waals surface area contributed by atoms with Crippen molar-refractivity contribution in [2.75, 3.05) is 23.3 Å². The summed E-state index contributed by atoms with van der Waals surface area (Å²) in [5.74, 6) is 0.486. The fraction of sp³-hybridized carbons (Fsp3) is 0.320. The highest BCUT2D eigenvalue weighted by Crippen LogP contribution is 2.26. The van der Waals surface area contributed by atoms with Crippen molar-refractivity contribution in [3.8, 4) is 0 Å². The van der Waals surface area contributed by atoms with Crippen LogP contribution in [0.15, 0.2) is 58.1 Å². The van der Waals surface area contributed by atoms with Gasteiger partial charge in [-0.2, -0.15) is 0 Å². The van der Waals surface area contributed by atoms with Gasteiger partial charge in [0.25, 0.3) is 16.8 Å². The summed E-state index contributed by atoms with van der Waals surface area (Å²) < 4.78 is 0. The van der Waals surface area contributed by atoms with Gasteiger partial charge in [0.15, 0.2) is 0 Å². The van der Waals surface area contributed by atoms with Crippen LogP contribution < -0.4 is 26.4 Å². The number of halogens is 1. The maximum atomic E-state index is 12.4. The monoisotopic (exact) mass is 451 g/mol. The van der Waals surface area contributed by atoms with E-state index in [9.17, 15) is 14.4 Å². The highest BCUT2D eigenvalue weighted by atomic mass is 35.5. The van der Waals surface area contributed by atoms with Crippen LogP contribution in [0.3, 0.4) is 0 Å². The minimum atomic E-state index is -0.447. The second-order valence-corrected chi connectivity index (χ2v) is 8.85. The molecule has 3 aromatic rings. The average molecular weight is 452 g/mol. The third-order valence-corrected chi connectivity index (χ3v) is 6.29. The topological polar surface area (TPSA) is 78.5 Å². The van der Waals surface area contributed by atoms with E-state index in [0.717, 1.165) is 37.1 Å². The number of hydrogen-bond donors (Lipinski definition) is 2. The standard InChI is InChI=1S/C25H26ClN3O3/c1-16-10-12-29(13-11-16)22-21(23(30)24(22)31)27-14-17-2-6-19(7-3-17)25(32)28-15-18-4-8-20(26)9-5-18/h2-9,16,27H,10-15H2,1H3,(H,28,32). The fourth-order valence-electron chi connectivity index (χ4n) is 3.93. The lowest BCUT2D eigenvalue weighted by Crippen LogP contribution is -2.45. The highest BCUT2D eigenvalue weighted by Gasteiger charge is 2.28. The molecule has 32 heavy (non-hydrogen) atoms. The zero-order valence-electron chi connectivity index (χ0n) is 18.0. The second kappa shape index (κ2) is 9.57. The van der Waals surface area contributed by atoms with Crippen molar-refractivity contribution >= 4 is 28.9 Å². The summed E-state index contributed by atoms with van der Waals surface area (Å²) in [7, 11) is 0. The number of carbonyl (C=O) groups excluding carboxylic acids is 1. The summed E-state index contributed by atoms with van der Waals surface area (Å²) >= 11 is 5.88. The Morgan fingerprint density at radius 2 is 1.53 bits per heavy atom. The quantitative estimate of drug-likeness (QED) is 0.535. The van der Waals surface area contributed by atoms with Crippen LogP contribution in [0.2, 0.25) is 5.02 Å². The highest BCUT2D eigenvalue weighted by molar-refractivity contribution is 6.30. The van der Waals surface area contributed by atoms with Crippen LogP contribution in [0.4, 0.5) is 11.4 Å². The first-order chi connectivity index (χ1) is 15.4. The Morgan fingerprint density at radius 3 is 2.19 bits per heavy atom. The lowest BCUT2D eigenvalue weighted by atomic mass is 9.98. The third-order valence-electron chi connectivity index (χ3n) is 6.04. The Labute approximate surface area is 191 Å². The molecule has 3 aromatic carbocycles. The van der Waals surface area contributed by atoms with Gasteiger partial charge < -0.3 is 15.5 Å². The average Bonchev–Trinajstić information content (AvgIpc) is 2.82. The number of carbonyl (C=O) groups is 1. The lowest BCUT2D eigenvalue weighted by molar-refractivity contribution is 0.0951. The van der Waals surface area contributed by atoms with Crippen LogP contribution in [0.5, 0.6) is 0 Å². The molecule has 2 N–H and O–H groups in total. The van der Waals surface area contributed by atoms with Crippen LogP contribution in [0.25, 0.3) is 0 Å². The molecule has 4 rings (SSSR count). The summed E-state index contributed by atoms with van der Waals surface area (Å²) in [4.78, 5) is 38.6. The van der Waals surface area contributed by atoms with E-state index >= 15 is 0 Å². The molecular formula is C25H26ClN3O3. The van der Waals surface area contributed by atoms with E-state index in [1.54, 1.807) is 24.3 Å². The van der Waals surface area contributed by atoms with E-state index in [1.807, 2.05) is 29.2 Å². The van der Waals surface area contributed by atoms with Gasteiger partial charge in [0.1, 0.15) is 11.4 Å². The molecule has 6 nitrogen and oxygen atoms in total.